The van der Waals surface area contributed by atoms with E-state index < -0.39 is 0 Å². The van der Waals surface area contributed by atoms with Crippen molar-refractivity contribution in [1.29, 1.82) is 0 Å². The van der Waals surface area contributed by atoms with Gasteiger partial charge in [0.2, 0.25) is 0 Å². The average Bonchev–Trinajstić information content (AvgIpc) is 3.27. The van der Waals surface area contributed by atoms with Gasteiger partial charge < -0.3 is 14.4 Å². The van der Waals surface area contributed by atoms with Gasteiger partial charge in [0.05, 0.1) is 25.9 Å². The van der Waals surface area contributed by atoms with Gasteiger partial charge in [-0.2, -0.15) is 0 Å². The molecule has 4 nitrogen and oxygen atoms in total. The van der Waals surface area contributed by atoms with E-state index in [-0.39, 0.29) is 5.91 Å². The van der Waals surface area contributed by atoms with Gasteiger partial charge in [-0.25, -0.2) is 0 Å². The highest BCUT2D eigenvalue weighted by molar-refractivity contribution is 5.94. The van der Waals surface area contributed by atoms with Gasteiger partial charge in [0.1, 0.15) is 0 Å². The molecule has 0 spiro atoms. The SMILES string of the molecule is O=C(c1ccc(-c2ccc(COC3CCCC3)cc2)cc1)N1CCOCC1. The summed E-state index contributed by atoms with van der Waals surface area (Å²) in [6.45, 7) is 3.29. The summed E-state index contributed by atoms with van der Waals surface area (Å²) in [7, 11) is 0. The second-order valence-electron chi connectivity index (χ2n) is 7.40. The summed E-state index contributed by atoms with van der Waals surface area (Å²) in [5.74, 6) is 0.0873. The molecule has 2 aromatic carbocycles. The molecular weight excluding hydrogens is 338 g/mol. The number of benzene rings is 2. The van der Waals surface area contributed by atoms with Crippen LogP contribution in [0.4, 0.5) is 0 Å². The lowest BCUT2D eigenvalue weighted by Gasteiger charge is -2.26. The largest absolute Gasteiger partial charge is 0.378 e. The van der Waals surface area contributed by atoms with Crippen molar-refractivity contribution in [2.75, 3.05) is 26.3 Å². The molecule has 1 aliphatic carbocycles. The third-order valence-electron chi connectivity index (χ3n) is 5.51. The summed E-state index contributed by atoms with van der Waals surface area (Å²) in [5, 5.41) is 0. The van der Waals surface area contributed by atoms with Crippen LogP contribution in [0.2, 0.25) is 0 Å². The van der Waals surface area contributed by atoms with Crippen molar-refractivity contribution >= 4 is 5.91 Å². The van der Waals surface area contributed by atoms with E-state index in [4.69, 9.17) is 9.47 Å². The fourth-order valence-electron chi connectivity index (χ4n) is 3.82. The summed E-state index contributed by atoms with van der Waals surface area (Å²) in [5.41, 5.74) is 4.23. The molecule has 0 unspecified atom stereocenters. The first-order chi connectivity index (χ1) is 13.3. The molecule has 0 N–H and O–H groups in total. The number of ether oxygens (including phenoxy) is 2. The fraction of sp³-hybridized carbons (Fsp3) is 0.435. The standard InChI is InChI=1S/C23H27NO3/c25-23(24-13-15-26-16-14-24)21-11-9-20(10-12-21)19-7-5-18(6-8-19)17-27-22-3-1-2-4-22/h5-12,22H,1-4,13-17H2. The number of carbonyl (C=O) groups is 1. The molecule has 4 rings (SSSR count). The Morgan fingerprint density at radius 2 is 1.52 bits per heavy atom. The van der Waals surface area contributed by atoms with Crippen LogP contribution in [0.25, 0.3) is 11.1 Å². The zero-order valence-corrected chi connectivity index (χ0v) is 15.7. The van der Waals surface area contributed by atoms with Crippen molar-refractivity contribution in [3.8, 4) is 11.1 Å². The van der Waals surface area contributed by atoms with Crippen LogP contribution < -0.4 is 0 Å². The smallest absolute Gasteiger partial charge is 0.254 e. The Kier molecular flexibility index (Phi) is 5.85. The Labute approximate surface area is 161 Å². The number of amides is 1. The highest BCUT2D eigenvalue weighted by Crippen LogP contribution is 2.24. The van der Waals surface area contributed by atoms with Crippen LogP contribution in [-0.2, 0) is 16.1 Å². The first kappa shape index (κ1) is 18.2. The Morgan fingerprint density at radius 3 is 2.15 bits per heavy atom. The van der Waals surface area contributed by atoms with E-state index in [0.29, 0.717) is 39.0 Å². The normalized spacial score (nSPS) is 18.0. The number of rotatable bonds is 5. The van der Waals surface area contributed by atoms with Crippen molar-refractivity contribution in [2.24, 2.45) is 0 Å². The van der Waals surface area contributed by atoms with Gasteiger partial charge >= 0.3 is 0 Å². The lowest BCUT2D eigenvalue weighted by Crippen LogP contribution is -2.40. The molecule has 0 bridgehead atoms. The highest BCUT2D eigenvalue weighted by Gasteiger charge is 2.18. The zero-order valence-electron chi connectivity index (χ0n) is 15.7. The van der Waals surface area contributed by atoms with Gasteiger partial charge in [0.15, 0.2) is 0 Å². The molecular formula is C23H27NO3. The molecule has 2 aromatic rings. The predicted octanol–water partition coefficient (Wildman–Crippen LogP) is 4.29. The predicted molar refractivity (Wildman–Crippen MR) is 106 cm³/mol. The monoisotopic (exact) mass is 365 g/mol. The maximum absolute atomic E-state index is 12.5. The highest BCUT2D eigenvalue weighted by atomic mass is 16.5. The molecule has 1 heterocycles. The van der Waals surface area contributed by atoms with E-state index in [0.717, 1.165) is 16.7 Å². The minimum Gasteiger partial charge on any atom is -0.378 e. The maximum Gasteiger partial charge on any atom is 0.254 e. The summed E-state index contributed by atoms with van der Waals surface area (Å²) < 4.78 is 11.3. The third kappa shape index (κ3) is 4.57. The van der Waals surface area contributed by atoms with Gasteiger partial charge in [-0.1, -0.05) is 49.2 Å². The van der Waals surface area contributed by atoms with E-state index in [2.05, 4.69) is 24.3 Å². The molecule has 0 atom stereocenters. The zero-order chi connectivity index (χ0) is 18.5. The summed E-state index contributed by atoms with van der Waals surface area (Å²) in [4.78, 5) is 14.4. The quantitative estimate of drug-likeness (QED) is 0.794. The Hall–Kier alpha value is -2.17. The number of carbonyl (C=O) groups excluding carboxylic acids is 1. The van der Waals surface area contributed by atoms with Gasteiger partial charge in [-0.15, -0.1) is 0 Å². The average molecular weight is 365 g/mol. The van der Waals surface area contributed by atoms with Gasteiger partial charge in [-0.3, -0.25) is 4.79 Å². The Balaban J connectivity index is 1.37. The van der Waals surface area contributed by atoms with Crippen molar-refractivity contribution in [1.82, 2.24) is 4.90 Å². The van der Waals surface area contributed by atoms with Gasteiger partial charge in [0, 0.05) is 18.7 Å². The van der Waals surface area contributed by atoms with Crippen LogP contribution in [0.5, 0.6) is 0 Å². The van der Waals surface area contributed by atoms with Crippen LogP contribution in [0.3, 0.4) is 0 Å². The van der Waals surface area contributed by atoms with Crippen LogP contribution in [0, 0.1) is 0 Å². The van der Waals surface area contributed by atoms with Gasteiger partial charge in [-0.05, 0) is 41.7 Å². The molecule has 2 aliphatic rings. The van der Waals surface area contributed by atoms with E-state index in [1.165, 1.54) is 31.2 Å². The topological polar surface area (TPSA) is 38.8 Å². The molecule has 1 saturated carbocycles. The van der Waals surface area contributed by atoms with Crippen LogP contribution in [-0.4, -0.2) is 43.2 Å². The molecule has 2 fully saturated rings. The molecule has 27 heavy (non-hydrogen) atoms. The van der Waals surface area contributed by atoms with Gasteiger partial charge in [0.25, 0.3) is 5.91 Å². The Morgan fingerprint density at radius 1 is 0.926 bits per heavy atom. The number of hydrogen-bond donors (Lipinski definition) is 0. The second kappa shape index (κ2) is 8.68. The second-order valence-corrected chi connectivity index (χ2v) is 7.40. The molecule has 0 radical (unpaired) electrons. The number of morpholine rings is 1. The van der Waals surface area contributed by atoms with E-state index in [1.54, 1.807) is 0 Å². The Bertz CT molecular complexity index is 742. The maximum atomic E-state index is 12.5. The van der Waals surface area contributed by atoms with Crippen molar-refractivity contribution in [3.05, 3.63) is 59.7 Å². The minimum atomic E-state index is 0.0873. The fourth-order valence-corrected chi connectivity index (χ4v) is 3.82. The van der Waals surface area contributed by atoms with Crippen molar-refractivity contribution in [3.63, 3.8) is 0 Å². The van der Waals surface area contributed by atoms with E-state index in [9.17, 15) is 4.79 Å². The van der Waals surface area contributed by atoms with E-state index in [1.807, 2.05) is 29.2 Å². The van der Waals surface area contributed by atoms with Crippen LogP contribution >= 0.6 is 0 Å². The molecule has 1 aliphatic heterocycles. The third-order valence-corrected chi connectivity index (χ3v) is 5.51. The first-order valence-electron chi connectivity index (χ1n) is 9.97. The summed E-state index contributed by atoms with van der Waals surface area (Å²) >= 11 is 0. The first-order valence-corrected chi connectivity index (χ1v) is 9.97. The van der Waals surface area contributed by atoms with E-state index >= 15 is 0 Å². The lowest BCUT2D eigenvalue weighted by molar-refractivity contribution is 0.0303. The molecule has 1 saturated heterocycles. The summed E-state index contributed by atoms with van der Waals surface area (Å²) in [6, 6.07) is 16.4. The lowest BCUT2D eigenvalue weighted by atomic mass is 10.0. The summed E-state index contributed by atoms with van der Waals surface area (Å²) in [6.07, 6.45) is 5.45. The molecule has 0 aromatic heterocycles. The minimum absolute atomic E-state index is 0.0873. The molecule has 142 valence electrons. The molecule has 1 amide bonds. The van der Waals surface area contributed by atoms with Crippen LogP contribution in [0.15, 0.2) is 48.5 Å². The van der Waals surface area contributed by atoms with Crippen molar-refractivity contribution in [2.45, 2.75) is 38.4 Å². The van der Waals surface area contributed by atoms with Crippen LogP contribution in [0.1, 0.15) is 41.6 Å². The molecule has 4 heteroatoms. The number of nitrogens with zero attached hydrogens (tertiary/aromatic N) is 1. The van der Waals surface area contributed by atoms with Crippen molar-refractivity contribution < 1.29 is 14.3 Å². The number of hydrogen-bond acceptors (Lipinski definition) is 3.